The Hall–Kier alpha value is -0.120. The van der Waals surface area contributed by atoms with E-state index in [1.807, 2.05) is 0 Å². The van der Waals surface area contributed by atoms with E-state index in [2.05, 4.69) is 15.1 Å². The minimum absolute atomic E-state index is 0.931. The SMILES string of the molecule is C1CCC(N2CCN(CCNCC3CC3)CC2)C1. The van der Waals surface area contributed by atoms with Gasteiger partial charge in [0.05, 0.1) is 0 Å². The Kier molecular flexibility index (Phi) is 4.55. The lowest BCUT2D eigenvalue weighted by Crippen LogP contribution is -2.50. The second-order valence-electron chi connectivity index (χ2n) is 6.46. The highest BCUT2D eigenvalue weighted by Crippen LogP contribution is 2.27. The van der Waals surface area contributed by atoms with Crippen molar-refractivity contribution in [3.05, 3.63) is 0 Å². The fourth-order valence-electron chi connectivity index (χ4n) is 3.49. The fourth-order valence-corrected chi connectivity index (χ4v) is 3.49. The third-order valence-corrected chi connectivity index (χ3v) is 4.98. The Morgan fingerprint density at radius 2 is 1.61 bits per heavy atom. The molecule has 18 heavy (non-hydrogen) atoms. The zero-order valence-corrected chi connectivity index (χ0v) is 11.7. The van der Waals surface area contributed by atoms with Crippen molar-refractivity contribution >= 4 is 0 Å². The van der Waals surface area contributed by atoms with Gasteiger partial charge in [-0.2, -0.15) is 0 Å². The molecular weight excluding hydrogens is 222 g/mol. The van der Waals surface area contributed by atoms with E-state index in [1.165, 1.54) is 84.3 Å². The maximum Gasteiger partial charge on any atom is 0.0113 e. The molecule has 0 aromatic heterocycles. The summed E-state index contributed by atoms with van der Waals surface area (Å²) in [4.78, 5) is 5.40. The van der Waals surface area contributed by atoms with Crippen molar-refractivity contribution in [2.24, 2.45) is 5.92 Å². The van der Waals surface area contributed by atoms with Crippen molar-refractivity contribution in [2.75, 3.05) is 45.8 Å². The first-order valence-electron chi connectivity index (χ1n) is 8.09. The van der Waals surface area contributed by atoms with Crippen LogP contribution in [0.5, 0.6) is 0 Å². The maximum atomic E-state index is 3.61. The first kappa shape index (κ1) is 12.9. The molecule has 3 aliphatic rings. The molecule has 1 saturated heterocycles. The molecule has 2 aliphatic carbocycles. The molecule has 0 aromatic carbocycles. The van der Waals surface area contributed by atoms with Crippen molar-refractivity contribution in [1.82, 2.24) is 15.1 Å². The topological polar surface area (TPSA) is 18.5 Å². The summed E-state index contributed by atoms with van der Waals surface area (Å²) in [7, 11) is 0. The summed E-state index contributed by atoms with van der Waals surface area (Å²) < 4.78 is 0. The molecule has 3 nitrogen and oxygen atoms in total. The van der Waals surface area contributed by atoms with E-state index in [0.29, 0.717) is 0 Å². The molecule has 0 atom stereocenters. The van der Waals surface area contributed by atoms with Crippen LogP contribution in [-0.2, 0) is 0 Å². The standard InChI is InChI=1S/C15H29N3/c1-2-4-15(3-1)18-11-9-17(10-12-18)8-7-16-13-14-5-6-14/h14-16H,1-13H2. The molecule has 1 aliphatic heterocycles. The molecule has 0 aromatic rings. The van der Waals surface area contributed by atoms with Crippen LogP contribution in [0.4, 0.5) is 0 Å². The van der Waals surface area contributed by atoms with E-state index in [0.717, 1.165) is 12.0 Å². The van der Waals surface area contributed by atoms with Crippen LogP contribution in [0.1, 0.15) is 38.5 Å². The highest BCUT2D eigenvalue weighted by Gasteiger charge is 2.26. The Morgan fingerprint density at radius 1 is 0.889 bits per heavy atom. The average Bonchev–Trinajstić information content (AvgIpc) is 3.07. The maximum absolute atomic E-state index is 3.61. The lowest BCUT2D eigenvalue weighted by atomic mass is 10.2. The predicted molar refractivity (Wildman–Crippen MR) is 75.9 cm³/mol. The second-order valence-corrected chi connectivity index (χ2v) is 6.46. The Bertz CT molecular complexity index is 238. The summed E-state index contributed by atoms with van der Waals surface area (Å²) in [5.74, 6) is 1.02. The molecule has 3 rings (SSSR count). The smallest absolute Gasteiger partial charge is 0.0113 e. The number of hydrogen-bond acceptors (Lipinski definition) is 3. The van der Waals surface area contributed by atoms with Gasteiger partial charge in [0, 0.05) is 45.3 Å². The molecule has 0 spiro atoms. The zero-order chi connectivity index (χ0) is 12.2. The minimum Gasteiger partial charge on any atom is -0.315 e. The van der Waals surface area contributed by atoms with Crippen LogP contribution in [0, 0.1) is 5.92 Å². The van der Waals surface area contributed by atoms with E-state index in [4.69, 9.17) is 0 Å². The van der Waals surface area contributed by atoms with Gasteiger partial charge in [-0.05, 0) is 38.1 Å². The van der Waals surface area contributed by atoms with Crippen molar-refractivity contribution in [3.63, 3.8) is 0 Å². The number of hydrogen-bond donors (Lipinski definition) is 1. The Morgan fingerprint density at radius 3 is 2.28 bits per heavy atom. The van der Waals surface area contributed by atoms with Gasteiger partial charge in [0.15, 0.2) is 0 Å². The summed E-state index contributed by atoms with van der Waals surface area (Å²) in [6.45, 7) is 8.93. The van der Waals surface area contributed by atoms with Crippen LogP contribution in [0.2, 0.25) is 0 Å². The highest BCUT2D eigenvalue weighted by molar-refractivity contribution is 4.82. The number of rotatable bonds is 6. The highest BCUT2D eigenvalue weighted by atomic mass is 15.3. The summed E-state index contributed by atoms with van der Waals surface area (Å²) in [5, 5.41) is 3.61. The van der Waals surface area contributed by atoms with Crippen LogP contribution in [0.3, 0.4) is 0 Å². The van der Waals surface area contributed by atoms with Gasteiger partial charge in [-0.3, -0.25) is 9.80 Å². The van der Waals surface area contributed by atoms with Crippen LogP contribution in [0.15, 0.2) is 0 Å². The number of nitrogens with zero attached hydrogens (tertiary/aromatic N) is 2. The quantitative estimate of drug-likeness (QED) is 0.723. The third-order valence-electron chi connectivity index (χ3n) is 4.98. The van der Waals surface area contributed by atoms with Crippen molar-refractivity contribution in [1.29, 1.82) is 0 Å². The first-order chi connectivity index (χ1) is 8.92. The monoisotopic (exact) mass is 251 g/mol. The number of nitrogens with one attached hydrogen (secondary N) is 1. The van der Waals surface area contributed by atoms with E-state index in [-0.39, 0.29) is 0 Å². The average molecular weight is 251 g/mol. The lowest BCUT2D eigenvalue weighted by molar-refractivity contribution is 0.0984. The largest absolute Gasteiger partial charge is 0.315 e. The molecule has 3 heteroatoms. The van der Waals surface area contributed by atoms with Gasteiger partial charge in [0.2, 0.25) is 0 Å². The lowest BCUT2D eigenvalue weighted by Gasteiger charge is -2.38. The molecular formula is C15H29N3. The van der Waals surface area contributed by atoms with Crippen molar-refractivity contribution in [2.45, 2.75) is 44.6 Å². The van der Waals surface area contributed by atoms with E-state index in [1.54, 1.807) is 0 Å². The van der Waals surface area contributed by atoms with Crippen LogP contribution in [-0.4, -0.2) is 61.7 Å². The summed E-state index contributed by atoms with van der Waals surface area (Å²) in [5.41, 5.74) is 0. The fraction of sp³-hybridized carbons (Fsp3) is 1.00. The van der Waals surface area contributed by atoms with Crippen molar-refractivity contribution in [3.8, 4) is 0 Å². The Labute approximate surface area is 112 Å². The number of piperazine rings is 1. The molecule has 2 saturated carbocycles. The van der Waals surface area contributed by atoms with E-state index in [9.17, 15) is 0 Å². The van der Waals surface area contributed by atoms with Gasteiger partial charge < -0.3 is 5.32 Å². The van der Waals surface area contributed by atoms with Gasteiger partial charge in [-0.1, -0.05) is 12.8 Å². The van der Waals surface area contributed by atoms with Crippen LogP contribution < -0.4 is 5.32 Å². The van der Waals surface area contributed by atoms with Crippen molar-refractivity contribution < 1.29 is 0 Å². The van der Waals surface area contributed by atoms with Gasteiger partial charge >= 0.3 is 0 Å². The van der Waals surface area contributed by atoms with Crippen LogP contribution >= 0.6 is 0 Å². The molecule has 0 bridgehead atoms. The van der Waals surface area contributed by atoms with Crippen LogP contribution in [0.25, 0.3) is 0 Å². The normalized spacial score (nSPS) is 28.0. The summed E-state index contributed by atoms with van der Waals surface area (Å²) in [6, 6.07) is 0.931. The molecule has 1 N–H and O–H groups in total. The minimum atomic E-state index is 0.931. The predicted octanol–water partition coefficient (Wildman–Crippen LogP) is 1.55. The molecule has 0 radical (unpaired) electrons. The summed E-state index contributed by atoms with van der Waals surface area (Å²) >= 11 is 0. The van der Waals surface area contributed by atoms with Gasteiger partial charge in [-0.25, -0.2) is 0 Å². The summed E-state index contributed by atoms with van der Waals surface area (Å²) in [6.07, 6.45) is 8.79. The second kappa shape index (κ2) is 6.36. The van der Waals surface area contributed by atoms with E-state index < -0.39 is 0 Å². The van der Waals surface area contributed by atoms with Gasteiger partial charge in [0.25, 0.3) is 0 Å². The molecule has 1 heterocycles. The van der Waals surface area contributed by atoms with Gasteiger partial charge in [0.1, 0.15) is 0 Å². The van der Waals surface area contributed by atoms with E-state index >= 15 is 0 Å². The molecule has 104 valence electrons. The third kappa shape index (κ3) is 3.69. The van der Waals surface area contributed by atoms with Gasteiger partial charge in [-0.15, -0.1) is 0 Å². The molecule has 0 unspecified atom stereocenters. The molecule has 3 fully saturated rings. The molecule has 0 amide bonds. The Balaban J connectivity index is 1.27. The first-order valence-corrected chi connectivity index (χ1v) is 8.09. The zero-order valence-electron chi connectivity index (χ0n) is 11.7.